The van der Waals surface area contributed by atoms with E-state index in [0.29, 0.717) is 12.8 Å². The maximum absolute atomic E-state index is 10.4. The van der Waals surface area contributed by atoms with Crippen LogP contribution in [0.25, 0.3) is 0 Å². The molecule has 2 heteroatoms. The molecule has 0 aliphatic heterocycles. The number of hydrogen-bond donors (Lipinski definition) is 2. The standard InChI is InChI=1S/C24H46O2/c1-5-7-9-11-13-15-17-19-23(3,25)21-22-24(4,26)20-18-16-14-12-10-8-6-2/h25-26H,5-20H2,1-4H3/t23-,24+. The molecule has 0 heterocycles. The molecule has 0 rings (SSSR count). The average Bonchev–Trinajstić information content (AvgIpc) is 2.59. The maximum atomic E-state index is 10.4. The predicted octanol–water partition coefficient (Wildman–Crippen LogP) is 6.77. The Bertz CT molecular complexity index is 339. The highest BCUT2D eigenvalue weighted by Crippen LogP contribution is 2.19. The Morgan fingerprint density at radius 3 is 1.08 bits per heavy atom. The van der Waals surface area contributed by atoms with Gasteiger partial charge in [-0.1, -0.05) is 103 Å². The third-order valence-corrected chi connectivity index (χ3v) is 5.14. The Morgan fingerprint density at radius 2 is 0.769 bits per heavy atom. The highest BCUT2D eigenvalue weighted by Gasteiger charge is 2.20. The van der Waals surface area contributed by atoms with E-state index in [1.807, 2.05) is 0 Å². The molecule has 154 valence electrons. The van der Waals surface area contributed by atoms with E-state index in [2.05, 4.69) is 25.7 Å². The molecule has 0 radical (unpaired) electrons. The van der Waals surface area contributed by atoms with Crippen LogP contribution in [0.2, 0.25) is 0 Å². The van der Waals surface area contributed by atoms with Crippen LogP contribution in [0.3, 0.4) is 0 Å². The molecule has 0 bridgehead atoms. The molecule has 0 aliphatic rings. The van der Waals surface area contributed by atoms with Gasteiger partial charge in [0.25, 0.3) is 0 Å². The van der Waals surface area contributed by atoms with Crippen LogP contribution >= 0.6 is 0 Å². The van der Waals surface area contributed by atoms with Crippen LogP contribution in [0.1, 0.15) is 130 Å². The summed E-state index contributed by atoms with van der Waals surface area (Å²) in [4.78, 5) is 0. The summed E-state index contributed by atoms with van der Waals surface area (Å²) in [7, 11) is 0. The SMILES string of the molecule is CCCCCCCCC[C@@](C)(O)C#C[C@@](C)(O)CCCCCCCCC. The van der Waals surface area contributed by atoms with Gasteiger partial charge in [-0.25, -0.2) is 0 Å². The summed E-state index contributed by atoms with van der Waals surface area (Å²) in [6.45, 7) is 8.03. The molecule has 26 heavy (non-hydrogen) atoms. The van der Waals surface area contributed by atoms with Gasteiger partial charge in [0, 0.05) is 0 Å². The second-order valence-electron chi connectivity index (χ2n) is 8.54. The van der Waals surface area contributed by atoms with E-state index < -0.39 is 11.2 Å². The van der Waals surface area contributed by atoms with E-state index in [9.17, 15) is 10.2 Å². The van der Waals surface area contributed by atoms with Crippen molar-refractivity contribution in [3.63, 3.8) is 0 Å². The first-order chi connectivity index (χ1) is 12.3. The minimum Gasteiger partial charge on any atom is -0.378 e. The molecule has 2 N–H and O–H groups in total. The lowest BCUT2D eigenvalue weighted by molar-refractivity contribution is 0.0968. The van der Waals surface area contributed by atoms with Crippen molar-refractivity contribution >= 4 is 0 Å². The van der Waals surface area contributed by atoms with Gasteiger partial charge < -0.3 is 10.2 Å². The van der Waals surface area contributed by atoms with Crippen molar-refractivity contribution in [1.82, 2.24) is 0 Å². The molecule has 0 saturated heterocycles. The van der Waals surface area contributed by atoms with Gasteiger partial charge in [-0.15, -0.1) is 0 Å². The van der Waals surface area contributed by atoms with Crippen LogP contribution in [0.15, 0.2) is 0 Å². The largest absolute Gasteiger partial charge is 0.378 e. The van der Waals surface area contributed by atoms with E-state index in [4.69, 9.17) is 0 Å². The Hall–Kier alpha value is -0.520. The Morgan fingerprint density at radius 1 is 0.500 bits per heavy atom. The van der Waals surface area contributed by atoms with E-state index in [1.54, 1.807) is 13.8 Å². The van der Waals surface area contributed by atoms with Crippen molar-refractivity contribution in [1.29, 1.82) is 0 Å². The van der Waals surface area contributed by atoms with Crippen LogP contribution in [0.4, 0.5) is 0 Å². The number of hydrogen-bond acceptors (Lipinski definition) is 2. The minimum atomic E-state index is -0.979. The molecular formula is C24H46O2. The lowest BCUT2D eigenvalue weighted by Gasteiger charge is -2.20. The lowest BCUT2D eigenvalue weighted by Crippen LogP contribution is -2.26. The van der Waals surface area contributed by atoms with Crippen LogP contribution in [-0.2, 0) is 0 Å². The van der Waals surface area contributed by atoms with Gasteiger partial charge in [-0.05, 0) is 39.5 Å². The molecule has 2 atom stereocenters. The second-order valence-corrected chi connectivity index (χ2v) is 8.54. The van der Waals surface area contributed by atoms with Crippen molar-refractivity contribution in [2.75, 3.05) is 0 Å². The van der Waals surface area contributed by atoms with Gasteiger partial charge in [0.1, 0.15) is 11.2 Å². The minimum absolute atomic E-state index is 0.696. The zero-order valence-corrected chi connectivity index (χ0v) is 18.2. The topological polar surface area (TPSA) is 40.5 Å². The monoisotopic (exact) mass is 366 g/mol. The first-order valence-corrected chi connectivity index (χ1v) is 11.3. The summed E-state index contributed by atoms with van der Waals surface area (Å²) in [6.07, 6.45) is 18.7. The van der Waals surface area contributed by atoms with E-state index in [0.717, 1.165) is 25.7 Å². The summed E-state index contributed by atoms with van der Waals surface area (Å²) < 4.78 is 0. The fourth-order valence-corrected chi connectivity index (χ4v) is 3.25. The van der Waals surface area contributed by atoms with Gasteiger partial charge in [-0.3, -0.25) is 0 Å². The van der Waals surface area contributed by atoms with Crippen molar-refractivity contribution in [3.05, 3.63) is 0 Å². The summed E-state index contributed by atoms with van der Waals surface area (Å²) in [5, 5.41) is 20.9. The third-order valence-electron chi connectivity index (χ3n) is 5.14. The smallest absolute Gasteiger partial charge is 0.122 e. The van der Waals surface area contributed by atoms with Crippen LogP contribution in [0, 0.1) is 11.8 Å². The number of unbranched alkanes of at least 4 members (excludes halogenated alkanes) is 12. The molecule has 0 spiro atoms. The fraction of sp³-hybridized carbons (Fsp3) is 0.917. The van der Waals surface area contributed by atoms with Crippen LogP contribution < -0.4 is 0 Å². The number of aliphatic hydroxyl groups is 2. The molecule has 0 aliphatic carbocycles. The molecule has 0 aromatic heterocycles. The lowest BCUT2D eigenvalue weighted by atomic mass is 9.94. The van der Waals surface area contributed by atoms with Gasteiger partial charge in [0.05, 0.1) is 0 Å². The zero-order chi connectivity index (χ0) is 19.7. The Balaban J connectivity index is 3.94. The van der Waals surface area contributed by atoms with E-state index in [1.165, 1.54) is 64.2 Å². The molecule has 0 amide bonds. The normalized spacial score (nSPS) is 15.8. The summed E-state index contributed by atoms with van der Waals surface area (Å²) in [6, 6.07) is 0. The Kier molecular flexibility index (Phi) is 15.2. The van der Waals surface area contributed by atoms with E-state index in [-0.39, 0.29) is 0 Å². The molecule has 0 aromatic rings. The highest BCUT2D eigenvalue weighted by atomic mass is 16.3. The molecule has 0 fully saturated rings. The average molecular weight is 367 g/mol. The van der Waals surface area contributed by atoms with Crippen molar-refractivity contribution < 1.29 is 10.2 Å². The van der Waals surface area contributed by atoms with Crippen LogP contribution in [-0.4, -0.2) is 21.4 Å². The molecule has 0 unspecified atom stereocenters. The van der Waals surface area contributed by atoms with Crippen molar-refractivity contribution in [2.24, 2.45) is 0 Å². The molecular weight excluding hydrogens is 320 g/mol. The predicted molar refractivity (Wildman–Crippen MR) is 114 cm³/mol. The molecule has 2 nitrogen and oxygen atoms in total. The van der Waals surface area contributed by atoms with Gasteiger partial charge in [-0.2, -0.15) is 0 Å². The number of rotatable bonds is 16. The highest BCUT2D eigenvalue weighted by molar-refractivity contribution is 5.19. The molecule has 0 aromatic carbocycles. The van der Waals surface area contributed by atoms with Gasteiger partial charge in [0.15, 0.2) is 0 Å². The van der Waals surface area contributed by atoms with Crippen molar-refractivity contribution in [3.8, 4) is 11.8 Å². The fourth-order valence-electron chi connectivity index (χ4n) is 3.25. The zero-order valence-electron chi connectivity index (χ0n) is 18.2. The maximum Gasteiger partial charge on any atom is 0.122 e. The summed E-state index contributed by atoms with van der Waals surface area (Å²) in [5.41, 5.74) is -1.96. The van der Waals surface area contributed by atoms with E-state index >= 15 is 0 Å². The first kappa shape index (κ1) is 25.5. The summed E-state index contributed by atoms with van der Waals surface area (Å²) >= 11 is 0. The molecule has 0 saturated carbocycles. The summed E-state index contributed by atoms with van der Waals surface area (Å²) in [5.74, 6) is 5.87. The van der Waals surface area contributed by atoms with Gasteiger partial charge in [0.2, 0.25) is 0 Å². The Labute approximate surface area is 164 Å². The first-order valence-electron chi connectivity index (χ1n) is 11.3. The van der Waals surface area contributed by atoms with Crippen molar-refractivity contribution in [2.45, 2.75) is 142 Å². The third kappa shape index (κ3) is 16.9. The van der Waals surface area contributed by atoms with Crippen LogP contribution in [0.5, 0.6) is 0 Å². The van der Waals surface area contributed by atoms with Gasteiger partial charge >= 0.3 is 0 Å². The second kappa shape index (κ2) is 15.5. The quantitative estimate of drug-likeness (QED) is 0.234.